The summed E-state index contributed by atoms with van der Waals surface area (Å²) in [5.41, 5.74) is 1.13. The molecule has 0 radical (unpaired) electrons. The number of aromatic nitrogens is 1. The highest BCUT2D eigenvalue weighted by molar-refractivity contribution is 6.08. The summed E-state index contributed by atoms with van der Waals surface area (Å²) in [6.07, 6.45) is 0. The summed E-state index contributed by atoms with van der Waals surface area (Å²) in [5.74, 6) is -6.42. The second-order valence-corrected chi connectivity index (χ2v) is 6.49. The number of halogens is 1. The lowest BCUT2D eigenvalue weighted by molar-refractivity contribution is 0.0598. The number of carbonyl (C=O) groups excluding carboxylic acids is 1. The molecule has 0 unspecified atom stereocenters. The van der Waals surface area contributed by atoms with Crippen LogP contribution in [0.25, 0.3) is 22.3 Å². The maximum Gasteiger partial charge on any atom is 0.342 e. The normalized spacial score (nSPS) is 10.6. The van der Waals surface area contributed by atoms with Crippen molar-refractivity contribution in [3.8, 4) is 28.0 Å². The standard InChI is InChI=1S/C21H15FN2O8/c1-32-21(31)8-5-6-12(22)11(7-8)9-3-2-4-10(16(9)25)13-14(19(27)28)17(23)24-18(26)15(13)20(29)30/h2-7,25H,1H3,(H,27,28)(H,29,30)(H3,23,24,26). The molecule has 0 amide bonds. The first-order chi connectivity index (χ1) is 15.1. The van der Waals surface area contributed by atoms with E-state index in [4.69, 9.17) is 5.73 Å². The third-order valence-electron chi connectivity index (χ3n) is 4.66. The van der Waals surface area contributed by atoms with Crippen molar-refractivity contribution in [2.24, 2.45) is 0 Å². The number of pyridine rings is 1. The minimum absolute atomic E-state index is 0.0356. The van der Waals surface area contributed by atoms with Gasteiger partial charge in [-0.25, -0.2) is 18.8 Å². The number of hydrogen-bond acceptors (Lipinski definition) is 7. The topological polar surface area (TPSA) is 180 Å². The molecule has 1 heterocycles. The summed E-state index contributed by atoms with van der Waals surface area (Å²) < 4.78 is 19.1. The maximum absolute atomic E-state index is 14.6. The van der Waals surface area contributed by atoms with E-state index in [0.29, 0.717) is 0 Å². The fourth-order valence-corrected chi connectivity index (χ4v) is 3.26. The van der Waals surface area contributed by atoms with Gasteiger partial charge in [0.1, 0.15) is 28.5 Å². The van der Waals surface area contributed by atoms with E-state index in [1.807, 2.05) is 4.98 Å². The zero-order valence-corrected chi connectivity index (χ0v) is 16.3. The molecule has 1 aromatic heterocycles. The molecule has 0 saturated heterocycles. The average Bonchev–Trinajstić information content (AvgIpc) is 2.72. The Kier molecular flexibility index (Phi) is 5.66. The van der Waals surface area contributed by atoms with Crippen LogP contribution in [-0.2, 0) is 4.74 Å². The SMILES string of the molecule is COC(=O)c1ccc(F)c(-c2cccc(-c3c(C(=O)O)c(N)[nH]c(=O)c3C(=O)O)c2O)c1. The number of H-pyrrole nitrogens is 1. The van der Waals surface area contributed by atoms with Crippen molar-refractivity contribution in [2.45, 2.75) is 0 Å². The van der Waals surface area contributed by atoms with Crippen LogP contribution in [-0.4, -0.2) is 45.3 Å². The second kappa shape index (κ2) is 8.22. The lowest BCUT2D eigenvalue weighted by atomic mass is 9.91. The fourth-order valence-electron chi connectivity index (χ4n) is 3.26. The van der Waals surface area contributed by atoms with Crippen molar-refractivity contribution in [3.05, 3.63) is 69.3 Å². The first-order valence-corrected chi connectivity index (χ1v) is 8.81. The molecule has 0 saturated carbocycles. The van der Waals surface area contributed by atoms with E-state index in [1.165, 1.54) is 12.1 Å². The van der Waals surface area contributed by atoms with Crippen LogP contribution < -0.4 is 11.3 Å². The van der Waals surface area contributed by atoms with Crippen LogP contribution in [0.5, 0.6) is 5.75 Å². The Bertz CT molecular complexity index is 1350. The molecule has 32 heavy (non-hydrogen) atoms. The Hall–Kier alpha value is -4.67. The van der Waals surface area contributed by atoms with Gasteiger partial charge in [0.25, 0.3) is 5.56 Å². The molecule has 0 fully saturated rings. The summed E-state index contributed by atoms with van der Waals surface area (Å²) in [7, 11) is 1.13. The number of carboxylic acids is 2. The van der Waals surface area contributed by atoms with Gasteiger partial charge in [0, 0.05) is 22.3 Å². The molecule has 11 heteroatoms. The molecule has 10 nitrogen and oxygen atoms in total. The largest absolute Gasteiger partial charge is 0.507 e. The number of carboxylic acid groups (broad SMARTS) is 2. The molecule has 0 aliphatic rings. The number of aromatic hydroxyl groups is 1. The lowest BCUT2D eigenvalue weighted by Gasteiger charge is -2.16. The molecular formula is C21H15FN2O8. The van der Waals surface area contributed by atoms with E-state index in [0.717, 1.165) is 31.4 Å². The zero-order chi connectivity index (χ0) is 23.7. The molecule has 0 aliphatic heterocycles. The summed E-state index contributed by atoms with van der Waals surface area (Å²) in [6.45, 7) is 0. The van der Waals surface area contributed by atoms with Gasteiger partial charge in [0.2, 0.25) is 0 Å². The van der Waals surface area contributed by atoms with E-state index in [2.05, 4.69) is 4.74 Å². The number of rotatable bonds is 5. The highest BCUT2D eigenvalue weighted by Gasteiger charge is 2.29. The number of aromatic carboxylic acids is 2. The van der Waals surface area contributed by atoms with Crippen LogP contribution in [0.2, 0.25) is 0 Å². The van der Waals surface area contributed by atoms with Crippen molar-refractivity contribution < 1.29 is 38.8 Å². The van der Waals surface area contributed by atoms with Crippen molar-refractivity contribution in [1.82, 2.24) is 4.98 Å². The highest BCUT2D eigenvalue weighted by Crippen LogP contribution is 2.41. The first kappa shape index (κ1) is 22.0. The number of anilines is 1. The number of aromatic amines is 1. The molecule has 0 spiro atoms. The summed E-state index contributed by atoms with van der Waals surface area (Å²) in [5, 5.41) is 29.9. The number of phenols is 1. The van der Waals surface area contributed by atoms with Crippen LogP contribution >= 0.6 is 0 Å². The van der Waals surface area contributed by atoms with Crippen LogP contribution in [0, 0.1) is 5.82 Å². The molecule has 3 aromatic rings. The van der Waals surface area contributed by atoms with Crippen molar-refractivity contribution in [3.63, 3.8) is 0 Å². The van der Waals surface area contributed by atoms with Gasteiger partial charge >= 0.3 is 17.9 Å². The molecule has 0 bridgehead atoms. The zero-order valence-electron chi connectivity index (χ0n) is 16.3. The van der Waals surface area contributed by atoms with Gasteiger partial charge in [-0.2, -0.15) is 0 Å². The van der Waals surface area contributed by atoms with E-state index in [-0.39, 0.29) is 16.7 Å². The van der Waals surface area contributed by atoms with E-state index in [9.17, 15) is 38.9 Å². The van der Waals surface area contributed by atoms with Gasteiger partial charge in [-0.3, -0.25) is 4.79 Å². The number of nitrogen functional groups attached to an aromatic ring is 1. The van der Waals surface area contributed by atoms with Gasteiger partial charge in [-0.15, -0.1) is 0 Å². The van der Waals surface area contributed by atoms with Crippen LogP contribution in [0.3, 0.4) is 0 Å². The fraction of sp³-hybridized carbons (Fsp3) is 0.0476. The summed E-state index contributed by atoms with van der Waals surface area (Å²) in [4.78, 5) is 49.5. The lowest BCUT2D eigenvalue weighted by Crippen LogP contribution is -2.24. The smallest absolute Gasteiger partial charge is 0.342 e. The van der Waals surface area contributed by atoms with Crippen molar-refractivity contribution >= 4 is 23.7 Å². The number of nitrogens with one attached hydrogen (secondary N) is 1. The second-order valence-electron chi connectivity index (χ2n) is 6.49. The number of hydrogen-bond donors (Lipinski definition) is 5. The molecular weight excluding hydrogens is 427 g/mol. The van der Waals surface area contributed by atoms with Crippen molar-refractivity contribution in [2.75, 3.05) is 12.8 Å². The van der Waals surface area contributed by atoms with Gasteiger partial charge < -0.3 is 30.8 Å². The van der Waals surface area contributed by atoms with Crippen LogP contribution in [0.4, 0.5) is 10.2 Å². The van der Waals surface area contributed by atoms with E-state index < -0.39 is 63.1 Å². The monoisotopic (exact) mass is 442 g/mol. The minimum atomic E-state index is -1.77. The molecule has 2 aromatic carbocycles. The number of carbonyl (C=O) groups is 3. The third-order valence-corrected chi connectivity index (χ3v) is 4.66. The Morgan fingerprint density at radius 2 is 1.62 bits per heavy atom. The van der Waals surface area contributed by atoms with E-state index >= 15 is 0 Å². The number of methoxy groups -OCH3 is 1. The maximum atomic E-state index is 14.6. The molecule has 0 atom stereocenters. The highest BCUT2D eigenvalue weighted by atomic mass is 19.1. The van der Waals surface area contributed by atoms with Gasteiger partial charge in [-0.05, 0) is 18.2 Å². The Balaban J connectivity index is 2.40. The Labute approximate surface area is 178 Å². The predicted molar refractivity (Wildman–Crippen MR) is 109 cm³/mol. The summed E-state index contributed by atoms with van der Waals surface area (Å²) in [6, 6.07) is 6.91. The van der Waals surface area contributed by atoms with Crippen molar-refractivity contribution in [1.29, 1.82) is 0 Å². The van der Waals surface area contributed by atoms with Crippen LogP contribution in [0.15, 0.2) is 41.2 Å². The van der Waals surface area contributed by atoms with Crippen LogP contribution in [0.1, 0.15) is 31.1 Å². The average molecular weight is 442 g/mol. The van der Waals surface area contributed by atoms with E-state index in [1.54, 1.807) is 0 Å². The molecule has 3 rings (SSSR count). The summed E-state index contributed by atoms with van der Waals surface area (Å²) >= 11 is 0. The Morgan fingerprint density at radius 1 is 1.00 bits per heavy atom. The molecule has 164 valence electrons. The quantitative estimate of drug-likeness (QED) is 0.371. The van der Waals surface area contributed by atoms with Gasteiger partial charge in [-0.1, -0.05) is 18.2 Å². The molecule has 0 aliphatic carbocycles. The third kappa shape index (κ3) is 3.62. The first-order valence-electron chi connectivity index (χ1n) is 8.81. The van der Waals surface area contributed by atoms with Gasteiger partial charge in [0.05, 0.1) is 12.7 Å². The number of para-hydroxylation sites is 1. The number of ether oxygens (including phenoxy) is 1. The number of nitrogens with two attached hydrogens (primary N) is 1. The predicted octanol–water partition coefficient (Wildman–Crippen LogP) is 2.32. The molecule has 6 N–H and O–H groups in total. The minimum Gasteiger partial charge on any atom is -0.507 e. The Morgan fingerprint density at radius 3 is 2.22 bits per heavy atom. The number of phenolic OH excluding ortho intramolecular Hbond substituents is 1. The number of benzene rings is 2. The van der Waals surface area contributed by atoms with Gasteiger partial charge in [0.15, 0.2) is 0 Å². The number of esters is 1.